The molecule has 0 aliphatic rings. The fourth-order valence-electron chi connectivity index (χ4n) is 1.41. The Morgan fingerprint density at radius 1 is 1.69 bits per heavy atom. The van der Waals surface area contributed by atoms with Crippen molar-refractivity contribution in [1.29, 1.82) is 0 Å². The summed E-state index contributed by atoms with van der Waals surface area (Å²) < 4.78 is 4.92. The van der Waals surface area contributed by atoms with Crippen LogP contribution in [0, 0.1) is 0 Å². The summed E-state index contributed by atoms with van der Waals surface area (Å²) in [5.41, 5.74) is 11.1. The minimum atomic E-state index is -0.350. The number of nitrogens with two attached hydrogens (primary N) is 2. The molecule has 1 atom stereocenters. The Morgan fingerprint density at radius 2 is 2.38 bits per heavy atom. The summed E-state index contributed by atoms with van der Waals surface area (Å²) in [6.45, 7) is 0.946. The van der Waals surface area contributed by atoms with Gasteiger partial charge in [-0.2, -0.15) is 0 Å². The summed E-state index contributed by atoms with van der Waals surface area (Å²) in [7, 11) is 3.35. The number of nitrogen functional groups attached to an aromatic ring is 1. The van der Waals surface area contributed by atoms with E-state index in [2.05, 4.69) is 9.97 Å². The normalized spacial score (nSPS) is 12.4. The van der Waals surface area contributed by atoms with E-state index in [0.717, 1.165) is 0 Å². The number of ether oxygens (including phenoxy) is 1. The molecule has 1 rings (SSSR count). The molecule has 5 N–H and O–H groups in total. The second-order valence-electron chi connectivity index (χ2n) is 3.56. The van der Waals surface area contributed by atoms with Gasteiger partial charge in [0.2, 0.25) is 0 Å². The summed E-state index contributed by atoms with van der Waals surface area (Å²) in [5.74, 6) is 0.426. The first kappa shape index (κ1) is 12.5. The number of hydrogen-bond donors (Lipinski definition) is 3. The van der Waals surface area contributed by atoms with Gasteiger partial charge in [0, 0.05) is 26.7 Å². The molecule has 0 amide bonds. The maximum atomic E-state index is 11.3. The van der Waals surface area contributed by atoms with Crippen molar-refractivity contribution in [1.82, 2.24) is 9.97 Å². The fraction of sp³-hybridized carbons (Fsp3) is 0.556. The molecule has 0 aliphatic heterocycles. The third kappa shape index (κ3) is 2.94. The maximum absolute atomic E-state index is 11.3. The van der Waals surface area contributed by atoms with E-state index in [1.54, 1.807) is 19.1 Å². The van der Waals surface area contributed by atoms with Crippen LogP contribution < -0.4 is 21.9 Å². The van der Waals surface area contributed by atoms with E-state index >= 15 is 0 Å². The van der Waals surface area contributed by atoms with Crippen LogP contribution in [0.5, 0.6) is 0 Å². The van der Waals surface area contributed by atoms with Crippen molar-refractivity contribution in [3.63, 3.8) is 0 Å². The van der Waals surface area contributed by atoms with Crippen LogP contribution in [0.1, 0.15) is 0 Å². The highest BCUT2D eigenvalue weighted by atomic mass is 16.5. The van der Waals surface area contributed by atoms with Crippen molar-refractivity contribution in [2.24, 2.45) is 5.73 Å². The summed E-state index contributed by atoms with van der Waals surface area (Å²) in [6.07, 6.45) is 1.31. The summed E-state index contributed by atoms with van der Waals surface area (Å²) in [6, 6.07) is -0.157. The number of nitrogens with one attached hydrogen (secondary N) is 1. The largest absolute Gasteiger partial charge is 0.391 e. The Labute approximate surface area is 93.4 Å². The lowest BCUT2D eigenvalue weighted by molar-refractivity contribution is 0.181. The van der Waals surface area contributed by atoms with Gasteiger partial charge in [0.15, 0.2) is 5.82 Å². The molecule has 0 saturated heterocycles. The Hall–Kier alpha value is -1.60. The van der Waals surface area contributed by atoms with Gasteiger partial charge in [-0.3, -0.25) is 4.79 Å². The highest BCUT2D eigenvalue weighted by Gasteiger charge is 2.12. The average Bonchev–Trinajstić information content (AvgIpc) is 2.22. The third-order valence-electron chi connectivity index (χ3n) is 2.12. The first-order chi connectivity index (χ1) is 7.56. The monoisotopic (exact) mass is 227 g/mol. The minimum absolute atomic E-state index is 0.0922. The van der Waals surface area contributed by atoms with E-state index in [-0.39, 0.29) is 17.3 Å². The van der Waals surface area contributed by atoms with Crippen molar-refractivity contribution in [3.8, 4) is 0 Å². The molecular weight excluding hydrogens is 210 g/mol. The molecular formula is C9H17N5O2. The molecule has 90 valence electrons. The molecule has 0 bridgehead atoms. The molecule has 1 aromatic rings. The van der Waals surface area contributed by atoms with E-state index in [1.807, 2.05) is 0 Å². The quantitative estimate of drug-likeness (QED) is 0.580. The average molecular weight is 227 g/mol. The molecule has 1 heterocycles. The van der Waals surface area contributed by atoms with Gasteiger partial charge in [0.1, 0.15) is 5.69 Å². The van der Waals surface area contributed by atoms with Crippen LogP contribution in [-0.4, -0.2) is 43.3 Å². The van der Waals surface area contributed by atoms with Crippen LogP contribution in [0.2, 0.25) is 0 Å². The molecule has 0 saturated carbocycles. The van der Waals surface area contributed by atoms with Gasteiger partial charge in [-0.25, -0.2) is 4.98 Å². The molecule has 1 unspecified atom stereocenters. The standard InChI is InChI=1S/C9H17N5O2/c1-14(3-6(10)4-16-2)8-7(11)9(15)13-5-12-8/h5-6H,3-4,10-11H2,1-2H3,(H,12,13,15). The summed E-state index contributed by atoms with van der Waals surface area (Å²) in [4.78, 5) is 19.4. The Morgan fingerprint density at radius 3 is 3.00 bits per heavy atom. The van der Waals surface area contributed by atoms with Crippen LogP contribution >= 0.6 is 0 Å². The predicted octanol–water partition coefficient (Wildman–Crippen LogP) is -1.24. The van der Waals surface area contributed by atoms with Crippen LogP contribution in [0.3, 0.4) is 0 Å². The van der Waals surface area contributed by atoms with Crippen LogP contribution in [-0.2, 0) is 4.74 Å². The van der Waals surface area contributed by atoms with E-state index < -0.39 is 0 Å². The first-order valence-electron chi connectivity index (χ1n) is 4.85. The van der Waals surface area contributed by atoms with Crippen molar-refractivity contribution in [2.45, 2.75) is 6.04 Å². The van der Waals surface area contributed by atoms with Gasteiger partial charge in [-0.05, 0) is 0 Å². The van der Waals surface area contributed by atoms with Crippen molar-refractivity contribution < 1.29 is 4.74 Å². The van der Waals surface area contributed by atoms with Crippen LogP contribution in [0.25, 0.3) is 0 Å². The zero-order chi connectivity index (χ0) is 12.1. The Balaban J connectivity index is 2.76. The molecule has 0 radical (unpaired) electrons. The zero-order valence-electron chi connectivity index (χ0n) is 9.43. The number of nitrogens with zero attached hydrogens (tertiary/aromatic N) is 2. The maximum Gasteiger partial charge on any atom is 0.276 e. The second-order valence-corrected chi connectivity index (χ2v) is 3.56. The zero-order valence-corrected chi connectivity index (χ0v) is 9.43. The van der Waals surface area contributed by atoms with E-state index in [4.69, 9.17) is 16.2 Å². The topological polar surface area (TPSA) is 110 Å². The molecule has 0 aliphatic carbocycles. The SMILES string of the molecule is COCC(N)CN(C)c1nc[nH]c(=O)c1N. The number of likely N-dealkylation sites (N-methyl/N-ethyl adjacent to an activating group) is 1. The van der Waals surface area contributed by atoms with Gasteiger partial charge >= 0.3 is 0 Å². The van der Waals surface area contributed by atoms with Crippen LogP contribution in [0.4, 0.5) is 11.5 Å². The van der Waals surface area contributed by atoms with Gasteiger partial charge in [-0.15, -0.1) is 0 Å². The van der Waals surface area contributed by atoms with E-state index in [1.165, 1.54) is 6.33 Å². The number of anilines is 2. The predicted molar refractivity (Wildman–Crippen MR) is 62.4 cm³/mol. The second kappa shape index (κ2) is 5.47. The molecule has 0 aromatic carbocycles. The molecule has 7 nitrogen and oxygen atoms in total. The van der Waals surface area contributed by atoms with Gasteiger partial charge in [0.25, 0.3) is 5.56 Å². The molecule has 7 heteroatoms. The highest BCUT2D eigenvalue weighted by Crippen LogP contribution is 2.12. The van der Waals surface area contributed by atoms with Gasteiger partial charge < -0.3 is 26.1 Å². The van der Waals surface area contributed by atoms with Crippen molar-refractivity contribution in [3.05, 3.63) is 16.7 Å². The third-order valence-corrected chi connectivity index (χ3v) is 2.12. The summed E-state index contributed by atoms with van der Waals surface area (Å²) >= 11 is 0. The van der Waals surface area contributed by atoms with Gasteiger partial charge in [0.05, 0.1) is 12.9 Å². The summed E-state index contributed by atoms with van der Waals surface area (Å²) in [5, 5.41) is 0. The molecule has 0 spiro atoms. The lowest BCUT2D eigenvalue weighted by Crippen LogP contribution is -2.39. The molecule has 16 heavy (non-hydrogen) atoms. The van der Waals surface area contributed by atoms with Crippen molar-refractivity contribution >= 4 is 11.5 Å². The molecule has 0 fully saturated rings. The molecule has 1 aromatic heterocycles. The minimum Gasteiger partial charge on any atom is -0.391 e. The Bertz CT molecular complexity index is 392. The lowest BCUT2D eigenvalue weighted by Gasteiger charge is -2.22. The van der Waals surface area contributed by atoms with E-state index in [0.29, 0.717) is 19.0 Å². The van der Waals surface area contributed by atoms with E-state index in [9.17, 15) is 4.79 Å². The van der Waals surface area contributed by atoms with Crippen LogP contribution in [0.15, 0.2) is 11.1 Å². The highest BCUT2D eigenvalue weighted by molar-refractivity contribution is 5.60. The smallest absolute Gasteiger partial charge is 0.276 e. The first-order valence-corrected chi connectivity index (χ1v) is 4.85. The van der Waals surface area contributed by atoms with Crippen molar-refractivity contribution in [2.75, 3.05) is 37.9 Å². The number of aromatic nitrogens is 2. The number of aromatic amines is 1. The number of hydrogen-bond acceptors (Lipinski definition) is 6. The fourth-order valence-corrected chi connectivity index (χ4v) is 1.41. The number of H-pyrrole nitrogens is 1. The number of methoxy groups -OCH3 is 1. The Kier molecular flexibility index (Phi) is 4.27. The number of rotatable bonds is 5. The van der Waals surface area contributed by atoms with Gasteiger partial charge in [-0.1, -0.05) is 0 Å². The lowest BCUT2D eigenvalue weighted by atomic mass is 10.3.